The van der Waals surface area contributed by atoms with E-state index in [1.165, 1.54) is 29.5 Å². The average Bonchev–Trinajstić information content (AvgIpc) is 3.74. The quantitative estimate of drug-likeness (QED) is 0.221. The highest BCUT2D eigenvalue weighted by atomic mass is 32.2. The lowest BCUT2D eigenvalue weighted by Crippen LogP contribution is -2.36. The van der Waals surface area contributed by atoms with Gasteiger partial charge in [-0.25, -0.2) is 36.5 Å². The standard InChI is InChI=1S/C31H30F3N5O4S2/c32-20-8-9-22(33)26(18-20)45(41,42)38-23-7-3-6-21(28(23)34)29-30(44-31(37-29)39-14-16-43-17-15-39)24-12-13-35-27(36-24)11-10-25(40)19-4-1-2-5-19/h3,6-9,12-13,18-19,38H,1-2,4-5,10-11,14-17H2. The SMILES string of the molecule is O=C(CCc1nccc(-c2sc(N3CCOCC3)nc2-c2cccc(NS(=O)(=O)c3cc(F)ccc3F)c2F)n1)C1CCCC1. The maximum atomic E-state index is 16.1. The zero-order valence-corrected chi connectivity index (χ0v) is 25.8. The molecule has 0 amide bonds. The van der Waals surface area contributed by atoms with E-state index in [0.717, 1.165) is 31.7 Å². The zero-order valence-electron chi connectivity index (χ0n) is 24.1. The van der Waals surface area contributed by atoms with Crippen LogP contribution in [0.5, 0.6) is 0 Å². The number of sulfonamides is 1. The number of ketones is 1. The summed E-state index contributed by atoms with van der Waals surface area (Å²) in [5.74, 6) is -2.29. The number of morpholine rings is 1. The van der Waals surface area contributed by atoms with Gasteiger partial charge in [0.05, 0.1) is 35.2 Å². The smallest absolute Gasteiger partial charge is 0.265 e. The molecule has 0 radical (unpaired) electrons. The third-order valence-electron chi connectivity index (χ3n) is 7.92. The van der Waals surface area contributed by atoms with E-state index in [2.05, 4.69) is 9.71 Å². The van der Waals surface area contributed by atoms with E-state index >= 15 is 4.39 Å². The van der Waals surface area contributed by atoms with E-state index in [4.69, 9.17) is 14.7 Å². The van der Waals surface area contributed by atoms with Crippen molar-refractivity contribution in [2.45, 2.75) is 43.4 Å². The van der Waals surface area contributed by atoms with Crippen LogP contribution in [0, 0.1) is 23.4 Å². The summed E-state index contributed by atoms with van der Waals surface area (Å²) >= 11 is 1.30. The van der Waals surface area contributed by atoms with E-state index in [1.807, 2.05) is 4.90 Å². The number of Topliss-reactive ketones (excluding diaryl/α,β-unsaturated/α-hetero) is 1. The number of hydrogen-bond donors (Lipinski definition) is 1. The summed E-state index contributed by atoms with van der Waals surface area (Å²) in [7, 11) is -4.68. The summed E-state index contributed by atoms with van der Waals surface area (Å²) in [5.41, 5.74) is 0.227. The third-order valence-corrected chi connectivity index (χ3v) is 10.4. The molecule has 2 aliphatic rings. The monoisotopic (exact) mass is 657 g/mol. The fourth-order valence-corrected chi connectivity index (χ4v) is 7.82. The Hall–Kier alpha value is -3.88. The molecule has 0 bridgehead atoms. The zero-order chi connectivity index (χ0) is 31.6. The van der Waals surface area contributed by atoms with Crippen molar-refractivity contribution in [2.75, 3.05) is 35.9 Å². The van der Waals surface area contributed by atoms with Crippen LogP contribution in [0.4, 0.5) is 24.0 Å². The highest BCUT2D eigenvalue weighted by Gasteiger charge is 2.27. The molecule has 1 aliphatic carbocycles. The van der Waals surface area contributed by atoms with Crippen molar-refractivity contribution < 1.29 is 31.1 Å². The van der Waals surface area contributed by atoms with Gasteiger partial charge in [-0.15, -0.1) is 0 Å². The van der Waals surface area contributed by atoms with E-state index in [1.54, 1.807) is 12.3 Å². The molecular formula is C31H30F3N5O4S2. The third kappa shape index (κ3) is 6.87. The fourth-order valence-electron chi connectivity index (χ4n) is 5.56. The van der Waals surface area contributed by atoms with Crippen molar-refractivity contribution in [3.63, 3.8) is 0 Å². The first-order chi connectivity index (χ1) is 21.7. The molecule has 1 N–H and O–H groups in total. The van der Waals surface area contributed by atoms with Crippen molar-refractivity contribution in [2.24, 2.45) is 5.92 Å². The van der Waals surface area contributed by atoms with Crippen molar-refractivity contribution >= 4 is 38.0 Å². The molecule has 3 heterocycles. The van der Waals surface area contributed by atoms with E-state index < -0.39 is 38.1 Å². The lowest BCUT2D eigenvalue weighted by molar-refractivity contribution is -0.122. The summed E-state index contributed by atoms with van der Waals surface area (Å²) < 4.78 is 77.6. The summed E-state index contributed by atoms with van der Waals surface area (Å²) in [4.78, 5) is 28.1. The summed E-state index contributed by atoms with van der Waals surface area (Å²) in [5, 5.41) is 0.604. The van der Waals surface area contributed by atoms with E-state index in [9.17, 15) is 22.0 Å². The van der Waals surface area contributed by atoms with Crippen LogP contribution >= 0.6 is 11.3 Å². The van der Waals surface area contributed by atoms with Gasteiger partial charge in [-0.2, -0.15) is 0 Å². The van der Waals surface area contributed by atoms with Crippen molar-refractivity contribution in [3.05, 3.63) is 71.9 Å². The summed E-state index contributed by atoms with van der Waals surface area (Å²) in [6.45, 7) is 2.15. The lowest BCUT2D eigenvalue weighted by Gasteiger charge is -2.26. The van der Waals surface area contributed by atoms with Gasteiger partial charge >= 0.3 is 0 Å². The van der Waals surface area contributed by atoms with Crippen molar-refractivity contribution in [1.29, 1.82) is 0 Å². The maximum absolute atomic E-state index is 16.1. The molecule has 0 spiro atoms. The second-order valence-corrected chi connectivity index (χ2v) is 13.6. The summed E-state index contributed by atoms with van der Waals surface area (Å²) in [6, 6.07) is 7.77. The van der Waals surface area contributed by atoms with Gasteiger partial charge < -0.3 is 9.64 Å². The minimum Gasteiger partial charge on any atom is -0.378 e. The second-order valence-electron chi connectivity index (χ2n) is 10.9. The minimum absolute atomic E-state index is 0.0164. The topological polar surface area (TPSA) is 114 Å². The first-order valence-electron chi connectivity index (χ1n) is 14.6. The van der Waals surface area contributed by atoms with Crippen LogP contribution in [0.1, 0.15) is 37.9 Å². The molecule has 1 saturated carbocycles. The molecule has 45 heavy (non-hydrogen) atoms. The average molecular weight is 658 g/mol. The Morgan fingerprint density at radius 1 is 1.04 bits per heavy atom. The Labute approximate surface area is 262 Å². The van der Waals surface area contributed by atoms with Gasteiger partial charge in [0.15, 0.2) is 10.9 Å². The molecule has 4 aromatic rings. The Morgan fingerprint density at radius 3 is 2.60 bits per heavy atom. The molecule has 2 aromatic carbocycles. The summed E-state index contributed by atoms with van der Waals surface area (Å²) in [6.07, 6.45) is 6.29. The number of aryl methyl sites for hydroxylation is 1. The molecule has 1 saturated heterocycles. The van der Waals surface area contributed by atoms with Gasteiger partial charge in [-0.05, 0) is 49.2 Å². The van der Waals surface area contributed by atoms with Crippen LogP contribution in [-0.4, -0.2) is 55.5 Å². The number of ether oxygens (including phenoxy) is 1. The lowest BCUT2D eigenvalue weighted by atomic mass is 9.99. The Bertz CT molecular complexity index is 1820. The highest BCUT2D eigenvalue weighted by Crippen LogP contribution is 2.42. The van der Waals surface area contributed by atoms with Crippen LogP contribution in [0.25, 0.3) is 21.8 Å². The maximum Gasteiger partial charge on any atom is 0.265 e. The number of carbonyl (C=O) groups is 1. The normalized spacial score (nSPS) is 15.8. The molecule has 0 atom stereocenters. The van der Waals surface area contributed by atoms with Crippen LogP contribution in [-0.2, 0) is 26.0 Å². The number of anilines is 2. The molecule has 1 aliphatic heterocycles. The fraction of sp³-hybridized carbons (Fsp3) is 0.355. The van der Waals surface area contributed by atoms with Crippen LogP contribution in [0.2, 0.25) is 0 Å². The Morgan fingerprint density at radius 2 is 1.82 bits per heavy atom. The second kappa shape index (κ2) is 13.2. The molecule has 9 nitrogen and oxygen atoms in total. The number of hydrogen-bond acceptors (Lipinski definition) is 9. The molecule has 236 valence electrons. The Balaban J connectivity index is 1.35. The van der Waals surface area contributed by atoms with Crippen LogP contribution < -0.4 is 9.62 Å². The van der Waals surface area contributed by atoms with Gasteiger partial charge in [0.25, 0.3) is 10.0 Å². The first kappa shape index (κ1) is 31.1. The number of carbonyl (C=O) groups excluding carboxylic acids is 1. The largest absolute Gasteiger partial charge is 0.378 e. The van der Waals surface area contributed by atoms with Crippen LogP contribution in [0.3, 0.4) is 0 Å². The number of nitrogens with one attached hydrogen (secondary N) is 1. The van der Waals surface area contributed by atoms with Crippen molar-refractivity contribution in [1.82, 2.24) is 15.0 Å². The van der Waals surface area contributed by atoms with E-state index in [-0.39, 0.29) is 23.0 Å². The number of rotatable bonds is 10. The number of nitrogens with zero attached hydrogens (tertiary/aromatic N) is 4. The van der Waals surface area contributed by atoms with Crippen molar-refractivity contribution in [3.8, 4) is 21.8 Å². The highest BCUT2D eigenvalue weighted by molar-refractivity contribution is 7.92. The number of benzene rings is 2. The van der Waals surface area contributed by atoms with Gasteiger partial charge in [0.2, 0.25) is 0 Å². The first-order valence-corrected chi connectivity index (χ1v) is 16.9. The van der Waals surface area contributed by atoms with Gasteiger partial charge in [0.1, 0.15) is 28.1 Å². The number of thiazole rings is 1. The van der Waals surface area contributed by atoms with Gasteiger partial charge in [-0.3, -0.25) is 9.52 Å². The Kier molecular flexibility index (Phi) is 9.15. The predicted molar refractivity (Wildman–Crippen MR) is 164 cm³/mol. The molecule has 6 rings (SSSR count). The number of aromatic nitrogens is 3. The minimum atomic E-state index is -4.68. The van der Waals surface area contributed by atoms with Crippen LogP contribution in [0.15, 0.2) is 53.6 Å². The molecule has 14 heteroatoms. The van der Waals surface area contributed by atoms with E-state index in [0.29, 0.717) is 72.8 Å². The molecule has 0 unspecified atom stereocenters. The van der Waals surface area contributed by atoms with Gasteiger partial charge in [0, 0.05) is 43.6 Å². The molecule has 2 fully saturated rings. The predicted octanol–water partition coefficient (Wildman–Crippen LogP) is 6.01. The number of halogens is 3. The molecule has 2 aromatic heterocycles. The van der Waals surface area contributed by atoms with Gasteiger partial charge in [-0.1, -0.05) is 30.2 Å². The molecular weight excluding hydrogens is 628 g/mol.